The third-order valence-corrected chi connectivity index (χ3v) is 4.75. The number of methoxy groups -OCH3 is 2. The van der Waals surface area contributed by atoms with Crippen molar-refractivity contribution in [2.45, 2.75) is 31.2 Å². The largest absolute Gasteiger partial charge is 0.497 e. The average Bonchev–Trinajstić information content (AvgIpc) is 2.67. The molecular weight excluding hydrogens is 358 g/mol. The number of carbonyl (C=O) groups is 3. The molecule has 7 nitrogen and oxygen atoms in total. The summed E-state index contributed by atoms with van der Waals surface area (Å²) in [6.45, 7) is 3.30. The predicted molar refractivity (Wildman–Crippen MR) is 98.1 cm³/mol. The van der Waals surface area contributed by atoms with E-state index in [9.17, 15) is 14.4 Å². The number of amides is 1. The Bertz CT molecular complexity index is 604. The third-order valence-electron chi connectivity index (χ3n) is 3.76. The Hall–Kier alpha value is -2.22. The molecule has 0 aliphatic rings. The molecule has 1 N–H and O–H groups in total. The molecule has 2 atom stereocenters. The fourth-order valence-electron chi connectivity index (χ4n) is 2.01. The summed E-state index contributed by atoms with van der Waals surface area (Å²) < 4.78 is 14.7. The third kappa shape index (κ3) is 7.35. The lowest BCUT2D eigenvalue weighted by molar-refractivity contribution is -0.149. The average molecular weight is 383 g/mol. The molecule has 1 rings (SSSR count). The molecule has 0 fully saturated rings. The smallest absolute Gasteiger partial charge is 0.328 e. The molecular formula is C18H25NO6S. The molecule has 0 aromatic heterocycles. The van der Waals surface area contributed by atoms with Gasteiger partial charge in [-0.2, -0.15) is 0 Å². The van der Waals surface area contributed by atoms with Gasteiger partial charge in [-0.05, 0) is 30.2 Å². The number of benzene rings is 1. The number of ether oxygens (including phenoxy) is 3. The minimum absolute atomic E-state index is 0.0748. The number of carbonyl (C=O) groups excluding carboxylic acids is 3. The van der Waals surface area contributed by atoms with Gasteiger partial charge in [-0.1, -0.05) is 20.3 Å². The lowest BCUT2D eigenvalue weighted by Gasteiger charge is -2.21. The first-order valence-electron chi connectivity index (χ1n) is 8.20. The molecule has 26 heavy (non-hydrogen) atoms. The van der Waals surface area contributed by atoms with E-state index in [4.69, 9.17) is 14.2 Å². The van der Waals surface area contributed by atoms with Crippen molar-refractivity contribution in [3.63, 3.8) is 0 Å². The van der Waals surface area contributed by atoms with Gasteiger partial charge in [-0.3, -0.25) is 9.59 Å². The van der Waals surface area contributed by atoms with Crippen molar-refractivity contribution < 1.29 is 28.6 Å². The minimum Gasteiger partial charge on any atom is -0.497 e. The first-order valence-corrected chi connectivity index (χ1v) is 9.19. The molecule has 0 aliphatic carbocycles. The molecule has 0 radical (unpaired) electrons. The van der Waals surface area contributed by atoms with Crippen LogP contribution in [0, 0.1) is 5.92 Å². The van der Waals surface area contributed by atoms with Gasteiger partial charge in [0.2, 0.25) is 0 Å². The van der Waals surface area contributed by atoms with Crippen molar-refractivity contribution in [2.75, 3.05) is 26.6 Å². The molecule has 1 aromatic carbocycles. The van der Waals surface area contributed by atoms with E-state index in [1.807, 2.05) is 26.0 Å². The minimum atomic E-state index is -0.759. The van der Waals surface area contributed by atoms with Crippen LogP contribution >= 0.6 is 11.8 Å². The number of nitrogens with one attached hydrogen (secondary N) is 1. The predicted octanol–water partition coefficient (Wildman–Crippen LogP) is 2.03. The summed E-state index contributed by atoms with van der Waals surface area (Å²) in [5.74, 6) is -0.856. The maximum atomic E-state index is 11.9. The van der Waals surface area contributed by atoms with Crippen LogP contribution in [0.4, 0.5) is 0 Å². The summed E-state index contributed by atoms with van der Waals surface area (Å²) in [4.78, 5) is 36.3. The van der Waals surface area contributed by atoms with E-state index in [1.165, 1.54) is 18.9 Å². The van der Waals surface area contributed by atoms with Crippen LogP contribution < -0.4 is 10.1 Å². The monoisotopic (exact) mass is 383 g/mol. The van der Waals surface area contributed by atoms with Crippen LogP contribution in [0.5, 0.6) is 5.75 Å². The fraction of sp³-hybridized carbons (Fsp3) is 0.500. The number of hydrogen-bond donors (Lipinski definition) is 1. The summed E-state index contributed by atoms with van der Waals surface area (Å²) in [5.41, 5.74) is 0. The van der Waals surface area contributed by atoms with E-state index in [2.05, 4.69) is 5.32 Å². The van der Waals surface area contributed by atoms with E-state index in [-0.39, 0.29) is 11.7 Å². The quantitative estimate of drug-likeness (QED) is 0.488. The van der Waals surface area contributed by atoms with Gasteiger partial charge in [-0.15, -0.1) is 11.8 Å². The molecule has 0 aliphatic heterocycles. The molecule has 0 unspecified atom stereocenters. The molecule has 1 aromatic rings. The van der Waals surface area contributed by atoms with Gasteiger partial charge in [0.1, 0.15) is 11.8 Å². The molecule has 144 valence electrons. The molecule has 0 heterocycles. The Morgan fingerprint density at radius 1 is 1.15 bits per heavy atom. The van der Waals surface area contributed by atoms with Crippen molar-refractivity contribution >= 4 is 29.6 Å². The topological polar surface area (TPSA) is 90.9 Å². The Balaban J connectivity index is 2.40. The second-order valence-corrected chi connectivity index (χ2v) is 6.63. The van der Waals surface area contributed by atoms with Crippen LogP contribution in [0.25, 0.3) is 0 Å². The molecule has 1 amide bonds. The van der Waals surface area contributed by atoms with E-state index >= 15 is 0 Å². The normalized spacial score (nSPS) is 12.6. The van der Waals surface area contributed by atoms with Crippen LogP contribution in [0.2, 0.25) is 0 Å². The second-order valence-electron chi connectivity index (χ2n) is 5.58. The zero-order valence-corrected chi connectivity index (χ0v) is 16.3. The summed E-state index contributed by atoms with van der Waals surface area (Å²) in [7, 11) is 2.84. The standard InChI is InChI=1S/C18H25NO6S/c1-5-12(2)17(18(22)24-4)19-15(20)10-25-16(21)11-26-14-8-6-13(23-3)7-9-14/h6-9,12,17H,5,10-11H2,1-4H3,(H,19,20)/t12-,17+/m0/s1. The Morgan fingerprint density at radius 3 is 2.35 bits per heavy atom. The van der Waals surface area contributed by atoms with Crippen molar-refractivity contribution in [1.29, 1.82) is 0 Å². The number of rotatable bonds is 10. The Morgan fingerprint density at radius 2 is 1.81 bits per heavy atom. The lowest BCUT2D eigenvalue weighted by atomic mass is 9.99. The number of hydrogen-bond acceptors (Lipinski definition) is 7. The maximum Gasteiger partial charge on any atom is 0.328 e. The van der Waals surface area contributed by atoms with E-state index in [0.29, 0.717) is 6.42 Å². The van der Waals surface area contributed by atoms with Gasteiger partial charge in [0.15, 0.2) is 6.61 Å². The highest BCUT2D eigenvalue weighted by atomic mass is 32.2. The van der Waals surface area contributed by atoms with E-state index < -0.39 is 30.5 Å². The van der Waals surface area contributed by atoms with Crippen LogP contribution in [0.15, 0.2) is 29.2 Å². The zero-order chi connectivity index (χ0) is 19.5. The lowest BCUT2D eigenvalue weighted by Crippen LogP contribution is -2.47. The van der Waals surface area contributed by atoms with Crippen molar-refractivity contribution in [3.05, 3.63) is 24.3 Å². The molecule has 8 heteroatoms. The highest BCUT2D eigenvalue weighted by Crippen LogP contribution is 2.21. The van der Waals surface area contributed by atoms with Gasteiger partial charge in [-0.25, -0.2) is 4.79 Å². The van der Waals surface area contributed by atoms with Crippen molar-refractivity contribution in [3.8, 4) is 5.75 Å². The zero-order valence-electron chi connectivity index (χ0n) is 15.4. The van der Waals surface area contributed by atoms with Gasteiger partial charge in [0.05, 0.1) is 20.0 Å². The molecule has 0 saturated heterocycles. The van der Waals surface area contributed by atoms with Crippen LogP contribution in [0.3, 0.4) is 0 Å². The van der Waals surface area contributed by atoms with E-state index in [0.717, 1.165) is 10.6 Å². The van der Waals surface area contributed by atoms with E-state index in [1.54, 1.807) is 19.2 Å². The molecule has 0 spiro atoms. The highest BCUT2D eigenvalue weighted by Gasteiger charge is 2.26. The van der Waals surface area contributed by atoms with Gasteiger partial charge in [0, 0.05) is 4.90 Å². The Kier molecular flexibility index (Phi) is 9.57. The van der Waals surface area contributed by atoms with Crippen LogP contribution in [-0.2, 0) is 23.9 Å². The van der Waals surface area contributed by atoms with Crippen LogP contribution in [0.1, 0.15) is 20.3 Å². The van der Waals surface area contributed by atoms with Crippen LogP contribution in [-0.4, -0.2) is 50.5 Å². The van der Waals surface area contributed by atoms with Gasteiger partial charge < -0.3 is 19.5 Å². The number of esters is 2. The molecule has 0 bridgehead atoms. The van der Waals surface area contributed by atoms with Gasteiger partial charge >= 0.3 is 11.9 Å². The summed E-state index contributed by atoms with van der Waals surface area (Å²) >= 11 is 1.29. The van der Waals surface area contributed by atoms with Crippen molar-refractivity contribution in [2.24, 2.45) is 5.92 Å². The second kappa shape index (κ2) is 11.4. The van der Waals surface area contributed by atoms with Gasteiger partial charge in [0.25, 0.3) is 5.91 Å². The molecule has 0 saturated carbocycles. The highest BCUT2D eigenvalue weighted by molar-refractivity contribution is 8.00. The SMILES string of the molecule is CC[C@H](C)[C@@H](NC(=O)COC(=O)CSc1ccc(OC)cc1)C(=O)OC. The summed E-state index contributed by atoms with van der Waals surface area (Å²) in [6, 6.07) is 6.49. The fourth-order valence-corrected chi connectivity index (χ4v) is 2.71. The Labute approximate surface area is 157 Å². The first kappa shape index (κ1) is 21.8. The van der Waals surface area contributed by atoms with Crippen molar-refractivity contribution in [1.82, 2.24) is 5.32 Å². The summed E-state index contributed by atoms with van der Waals surface area (Å²) in [6.07, 6.45) is 0.693. The summed E-state index contributed by atoms with van der Waals surface area (Å²) in [5, 5.41) is 2.55. The number of thioether (sulfide) groups is 1. The maximum absolute atomic E-state index is 11.9. The first-order chi connectivity index (χ1) is 12.4.